The molecule has 0 atom stereocenters. The van der Waals surface area contributed by atoms with Gasteiger partial charge in [0.1, 0.15) is 10.8 Å². The van der Waals surface area contributed by atoms with Gasteiger partial charge in [0.15, 0.2) is 0 Å². The summed E-state index contributed by atoms with van der Waals surface area (Å²) >= 11 is 7.17. The van der Waals surface area contributed by atoms with Gasteiger partial charge in [-0.15, -0.1) is 11.3 Å². The van der Waals surface area contributed by atoms with Gasteiger partial charge in [0.2, 0.25) is 0 Å². The number of hydrogen-bond donors (Lipinski definition) is 2. The van der Waals surface area contributed by atoms with Crippen LogP contribution in [0.5, 0.6) is 0 Å². The standard InChI is InChI=1S/C12H12ClFN2O3S/c1-7-11(4-5-19-16(17)18)20-12(15-7)8-2-3-10(14)9(13)6-8/h2-3,6,17-18H,4-5H2,1H3. The van der Waals surface area contributed by atoms with Gasteiger partial charge in [-0.3, -0.25) is 15.3 Å². The quantitative estimate of drug-likeness (QED) is 0.826. The molecule has 0 radical (unpaired) electrons. The minimum atomic E-state index is -0.469. The van der Waals surface area contributed by atoms with Crippen LogP contribution in [0.1, 0.15) is 10.6 Å². The topological polar surface area (TPSA) is 65.8 Å². The fraction of sp³-hybridized carbons (Fsp3) is 0.250. The molecular weight excluding hydrogens is 307 g/mol. The lowest BCUT2D eigenvalue weighted by Crippen LogP contribution is -2.16. The molecule has 1 heterocycles. The Morgan fingerprint density at radius 2 is 2.20 bits per heavy atom. The van der Waals surface area contributed by atoms with Crippen molar-refractivity contribution >= 4 is 22.9 Å². The number of nitrogens with zero attached hydrogens (tertiary/aromatic N) is 2. The van der Waals surface area contributed by atoms with E-state index in [1.807, 2.05) is 6.92 Å². The van der Waals surface area contributed by atoms with Crippen LogP contribution < -0.4 is 0 Å². The Morgan fingerprint density at radius 1 is 1.45 bits per heavy atom. The third kappa shape index (κ3) is 3.72. The van der Waals surface area contributed by atoms with Crippen molar-refractivity contribution in [2.75, 3.05) is 6.61 Å². The van der Waals surface area contributed by atoms with Crippen molar-refractivity contribution in [3.05, 3.63) is 39.6 Å². The van der Waals surface area contributed by atoms with Crippen LogP contribution in [-0.2, 0) is 11.3 Å². The molecule has 5 nitrogen and oxygen atoms in total. The van der Waals surface area contributed by atoms with Crippen LogP contribution in [0.2, 0.25) is 5.02 Å². The highest BCUT2D eigenvalue weighted by Gasteiger charge is 2.11. The van der Waals surface area contributed by atoms with Crippen molar-refractivity contribution < 1.29 is 19.6 Å². The molecule has 2 rings (SSSR count). The molecule has 108 valence electrons. The second-order valence-corrected chi connectivity index (χ2v) is 5.48. The molecule has 0 amide bonds. The number of thiazole rings is 1. The molecule has 0 saturated carbocycles. The highest BCUT2D eigenvalue weighted by Crippen LogP contribution is 2.30. The minimum absolute atomic E-state index is 0.0523. The predicted octanol–water partition coefficient (Wildman–Crippen LogP) is 3.47. The number of aryl methyl sites for hydroxylation is 1. The molecule has 0 aliphatic heterocycles. The second kappa shape index (κ2) is 6.57. The Hall–Kier alpha value is -1.09. The van der Waals surface area contributed by atoms with Crippen LogP contribution in [0.4, 0.5) is 4.39 Å². The van der Waals surface area contributed by atoms with E-state index in [1.54, 1.807) is 6.07 Å². The zero-order valence-corrected chi connectivity index (χ0v) is 12.1. The third-order valence-electron chi connectivity index (χ3n) is 2.60. The molecule has 2 N–H and O–H groups in total. The van der Waals surface area contributed by atoms with Gasteiger partial charge in [-0.2, -0.15) is 0 Å². The first-order chi connectivity index (χ1) is 9.47. The molecule has 0 bridgehead atoms. The molecule has 0 fully saturated rings. The lowest BCUT2D eigenvalue weighted by atomic mass is 10.2. The molecule has 0 unspecified atom stereocenters. The summed E-state index contributed by atoms with van der Waals surface area (Å²) in [7, 11) is 0. The number of aromatic nitrogens is 1. The number of halogens is 2. The molecule has 2 aromatic rings. The van der Waals surface area contributed by atoms with Gasteiger partial charge >= 0.3 is 0 Å². The molecule has 1 aromatic carbocycles. The van der Waals surface area contributed by atoms with Crippen LogP contribution >= 0.6 is 22.9 Å². The number of benzene rings is 1. The summed E-state index contributed by atoms with van der Waals surface area (Å²) in [6.07, 6.45) is 0.482. The van der Waals surface area contributed by atoms with E-state index in [0.717, 1.165) is 21.1 Å². The van der Waals surface area contributed by atoms with E-state index in [0.29, 0.717) is 6.42 Å². The Bertz CT molecular complexity index is 606. The van der Waals surface area contributed by atoms with E-state index >= 15 is 0 Å². The van der Waals surface area contributed by atoms with Crippen molar-refractivity contribution in [1.29, 1.82) is 0 Å². The first kappa shape index (κ1) is 15.3. The van der Waals surface area contributed by atoms with E-state index in [1.165, 1.54) is 23.5 Å². The summed E-state index contributed by atoms with van der Waals surface area (Å²) in [5.41, 5.74) is 1.55. The van der Waals surface area contributed by atoms with Gasteiger partial charge in [0.05, 0.1) is 22.7 Å². The molecule has 0 saturated heterocycles. The van der Waals surface area contributed by atoms with Crippen LogP contribution in [0.25, 0.3) is 10.6 Å². The fourth-order valence-electron chi connectivity index (χ4n) is 1.63. The lowest BCUT2D eigenvalue weighted by molar-refractivity contribution is -0.492. The van der Waals surface area contributed by atoms with Gasteiger partial charge in [-0.1, -0.05) is 11.6 Å². The Labute approximate surface area is 123 Å². The Kier molecular flexibility index (Phi) is 5.03. The first-order valence-corrected chi connectivity index (χ1v) is 6.89. The smallest absolute Gasteiger partial charge is 0.141 e. The van der Waals surface area contributed by atoms with Gasteiger partial charge in [-0.25, -0.2) is 9.37 Å². The average molecular weight is 319 g/mol. The van der Waals surface area contributed by atoms with Gasteiger partial charge in [-0.05, 0) is 25.1 Å². The number of hydrogen-bond acceptors (Lipinski definition) is 6. The minimum Gasteiger partial charge on any atom is -0.266 e. The van der Waals surface area contributed by atoms with Crippen molar-refractivity contribution in [2.45, 2.75) is 13.3 Å². The molecule has 8 heteroatoms. The van der Waals surface area contributed by atoms with Gasteiger partial charge < -0.3 is 0 Å². The maximum Gasteiger partial charge on any atom is 0.141 e. The van der Waals surface area contributed by atoms with E-state index < -0.39 is 5.82 Å². The van der Waals surface area contributed by atoms with Crippen LogP contribution in [-0.4, -0.2) is 27.4 Å². The Balaban J connectivity index is 2.15. The second-order valence-electron chi connectivity index (χ2n) is 3.99. The van der Waals surface area contributed by atoms with Crippen molar-refractivity contribution in [1.82, 2.24) is 10.4 Å². The maximum atomic E-state index is 13.1. The lowest BCUT2D eigenvalue weighted by Gasteiger charge is -2.04. The SMILES string of the molecule is Cc1nc(-c2ccc(F)c(Cl)c2)sc1CCON(O)O. The van der Waals surface area contributed by atoms with Gasteiger partial charge in [0.25, 0.3) is 0 Å². The number of rotatable bonds is 5. The molecular formula is C12H12ClFN2O3S. The summed E-state index contributed by atoms with van der Waals surface area (Å²) < 4.78 is 13.1. The first-order valence-electron chi connectivity index (χ1n) is 5.70. The Morgan fingerprint density at radius 3 is 2.85 bits per heavy atom. The normalized spacial score (nSPS) is 11.3. The summed E-state index contributed by atoms with van der Waals surface area (Å²) in [5, 5.41) is 17.3. The van der Waals surface area contributed by atoms with Crippen LogP contribution in [0.15, 0.2) is 18.2 Å². The summed E-state index contributed by atoms with van der Waals surface area (Å²) in [6, 6.07) is 4.44. The van der Waals surface area contributed by atoms with E-state index in [2.05, 4.69) is 9.82 Å². The zero-order valence-electron chi connectivity index (χ0n) is 10.5. The van der Waals surface area contributed by atoms with Crippen molar-refractivity contribution in [3.8, 4) is 10.6 Å². The van der Waals surface area contributed by atoms with Gasteiger partial charge in [0, 0.05) is 16.9 Å². The molecule has 0 aliphatic rings. The zero-order chi connectivity index (χ0) is 14.7. The predicted molar refractivity (Wildman–Crippen MR) is 72.3 cm³/mol. The van der Waals surface area contributed by atoms with E-state index in [4.69, 9.17) is 22.0 Å². The summed E-state index contributed by atoms with van der Waals surface area (Å²) in [4.78, 5) is 9.84. The maximum absolute atomic E-state index is 13.1. The summed E-state index contributed by atoms with van der Waals surface area (Å²) in [5.74, 6) is -0.469. The van der Waals surface area contributed by atoms with Crippen LogP contribution in [0, 0.1) is 12.7 Å². The highest BCUT2D eigenvalue weighted by atomic mass is 35.5. The monoisotopic (exact) mass is 318 g/mol. The molecule has 0 spiro atoms. The van der Waals surface area contributed by atoms with Crippen molar-refractivity contribution in [3.63, 3.8) is 0 Å². The van der Waals surface area contributed by atoms with Crippen molar-refractivity contribution in [2.24, 2.45) is 0 Å². The average Bonchev–Trinajstić information content (AvgIpc) is 2.74. The molecule has 1 aromatic heterocycles. The van der Waals surface area contributed by atoms with Crippen LogP contribution in [0.3, 0.4) is 0 Å². The largest absolute Gasteiger partial charge is 0.266 e. The third-order valence-corrected chi connectivity index (χ3v) is 4.15. The molecule has 20 heavy (non-hydrogen) atoms. The molecule has 0 aliphatic carbocycles. The highest BCUT2D eigenvalue weighted by molar-refractivity contribution is 7.15. The van der Waals surface area contributed by atoms with E-state index in [-0.39, 0.29) is 17.0 Å². The fourth-order valence-corrected chi connectivity index (χ4v) is 2.85. The summed E-state index contributed by atoms with van der Waals surface area (Å²) in [6.45, 7) is 1.95. The van der Waals surface area contributed by atoms with E-state index in [9.17, 15) is 4.39 Å².